The van der Waals surface area contributed by atoms with E-state index in [1.807, 2.05) is 0 Å². The monoisotopic (exact) mass is 325 g/mol. The number of piperidine rings is 1. The van der Waals surface area contributed by atoms with E-state index in [-0.39, 0.29) is 12.2 Å². The van der Waals surface area contributed by atoms with Crippen molar-refractivity contribution in [1.82, 2.24) is 9.80 Å². The average Bonchev–Trinajstić information content (AvgIpc) is 2.76. The standard InChI is InChI=1S/C15H17F2N3O3/c1-19-8-15(23-14(19)22)5-2-6-20(9-15)13(21)18-12-4-3-10(16)7-11(12)17/h3-4,7H,2,5-6,8-9H2,1H3,(H,18,21)/t15-/m1/s1. The quantitative estimate of drug-likeness (QED) is 0.862. The Morgan fingerprint density at radius 3 is 2.78 bits per heavy atom. The topological polar surface area (TPSA) is 61.9 Å². The van der Waals surface area contributed by atoms with Crippen molar-refractivity contribution >= 4 is 17.8 Å². The number of hydrogen-bond acceptors (Lipinski definition) is 3. The Morgan fingerprint density at radius 1 is 1.35 bits per heavy atom. The van der Waals surface area contributed by atoms with Crippen LogP contribution in [0.5, 0.6) is 0 Å². The molecule has 8 heteroatoms. The molecule has 0 radical (unpaired) electrons. The number of likely N-dealkylation sites (N-methyl/N-ethyl adjacent to an activating group) is 1. The van der Waals surface area contributed by atoms with Crippen LogP contribution in [0.1, 0.15) is 12.8 Å². The predicted molar refractivity (Wildman–Crippen MR) is 78.0 cm³/mol. The minimum Gasteiger partial charge on any atom is -0.439 e. The molecule has 0 bridgehead atoms. The van der Waals surface area contributed by atoms with Gasteiger partial charge in [-0.3, -0.25) is 0 Å². The van der Waals surface area contributed by atoms with Crippen molar-refractivity contribution in [2.24, 2.45) is 0 Å². The van der Waals surface area contributed by atoms with E-state index in [0.717, 1.165) is 6.07 Å². The molecular formula is C15H17F2N3O3. The van der Waals surface area contributed by atoms with E-state index in [1.54, 1.807) is 7.05 Å². The van der Waals surface area contributed by atoms with Crippen LogP contribution in [0.25, 0.3) is 0 Å². The Morgan fingerprint density at radius 2 is 2.13 bits per heavy atom. The molecule has 0 unspecified atom stereocenters. The lowest BCUT2D eigenvalue weighted by molar-refractivity contribution is 0.00497. The number of anilines is 1. The molecule has 0 aromatic heterocycles. The molecule has 1 aromatic carbocycles. The van der Waals surface area contributed by atoms with Gasteiger partial charge in [0.25, 0.3) is 0 Å². The van der Waals surface area contributed by atoms with Crippen molar-refractivity contribution in [3.63, 3.8) is 0 Å². The van der Waals surface area contributed by atoms with Gasteiger partial charge in [0.2, 0.25) is 0 Å². The minimum absolute atomic E-state index is 0.0865. The SMILES string of the molecule is CN1C[C@@]2(CCCN(C(=O)Nc3ccc(F)cc3F)C2)OC1=O. The zero-order chi connectivity index (χ0) is 16.6. The Labute approximate surface area is 132 Å². The number of benzene rings is 1. The molecule has 1 spiro atoms. The molecule has 124 valence electrons. The van der Waals surface area contributed by atoms with Gasteiger partial charge in [-0.25, -0.2) is 18.4 Å². The van der Waals surface area contributed by atoms with Crippen molar-refractivity contribution in [2.75, 3.05) is 32.0 Å². The van der Waals surface area contributed by atoms with Gasteiger partial charge in [-0.1, -0.05) is 0 Å². The normalized spacial score (nSPS) is 24.0. The second kappa shape index (κ2) is 5.68. The zero-order valence-electron chi connectivity index (χ0n) is 12.6. The molecule has 0 aliphatic carbocycles. The molecule has 1 atom stereocenters. The van der Waals surface area contributed by atoms with Crippen LogP contribution in [0.15, 0.2) is 18.2 Å². The first-order valence-electron chi connectivity index (χ1n) is 7.34. The number of carbonyl (C=O) groups excluding carboxylic acids is 2. The summed E-state index contributed by atoms with van der Waals surface area (Å²) >= 11 is 0. The smallest absolute Gasteiger partial charge is 0.410 e. The highest BCUT2D eigenvalue weighted by Crippen LogP contribution is 2.31. The third-order valence-electron chi connectivity index (χ3n) is 4.14. The Hall–Kier alpha value is -2.38. The van der Waals surface area contributed by atoms with E-state index >= 15 is 0 Å². The summed E-state index contributed by atoms with van der Waals surface area (Å²) in [5.41, 5.74) is -0.792. The van der Waals surface area contributed by atoms with Crippen molar-refractivity contribution < 1.29 is 23.1 Å². The zero-order valence-corrected chi connectivity index (χ0v) is 12.6. The summed E-state index contributed by atoms with van der Waals surface area (Å²) in [6.07, 6.45) is 0.954. The molecule has 2 heterocycles. The first kappa shape index (κ1) is 15.5. The van der Waals surface area contributed by atoms with Gasteiger partial charge in [-0.05, 0) is 25.0 Å². The molecule has 1 aromatic rings. The molecule has 2 fully saturated rings. The number of halogens is 2. The van der Waals surface area contributed by atoms with Crippen LogP contribution >= 0.6 is 0 Å². The maximum atomic E-state index is 13.6. The van der Waals surface area contributed by atoms with Crippen LogP contribution in [0.4, 0.5) is 24.1 Å². The number of nitrogens with one attached hydrogen (secondary N) is 1. The molecule has 23 heavy (non-hydrogen) atoms. The van der Waals surface area contributed by atoms with Crippen LogP contribution in [0.2, 0.25) is 0 Å². The highest BCUT2D eigenvalue weighted by atomic mass is 19.1. The molecule has 2 aliphatic rings. The maximum Gasteiger partial charge on any atom is 0.410 e. The summed E-state index contributed by atoms with van der Waals surface area (Å²) in [7, 11) is 1.64. The highest BCUT2D eigenvalue weighted by molar-refractivity contribution is 5.89. The number of ether oxygens (including phenoxy) is 1. The minimum atomic E-state index is -0.836. The molecule has 3 amide bonds. The molecular weight excluding hydrogens is 308 g/mol. The van der Waals surface area contributed by atoms with Gasteiger partial charge < -0.3 is 19.9 Å². The largest absolute Gasteiger partial charge is 0.439 e. The van der Waals surface area contributed by atoms with Crippen LogP contribution in [0, 0.1) is 11.6 Å². The second-order valence-electron chi connectivity index (χ2n) is 5.99. The van der Waals surface area contributed by atoms with Crippen LogP contribution in [-0.4, -0.2) is 54.2 Å². The van der Waals surface area contributed by atoms with E-state index in [2.05, 4.69) is 5.32 Å². The summed E-state index contributed by atoms with van der Waals surface area (Å²) in [6.45, 7) is 1.15. The number of hydrogen-bond donors (Lipinski definition) is 1. The van der Waals surface area contributed by atoms with Crippen LogP contribution in [0.3, 0.4) is 0 Å². The van der Waals surface area contributed by atoms with Gasteiger partial charge in [0, 0.05) is 19.7 Å². The number of carbonyl (C=O) groups is 2. The second-order valence-corrected chi connectivity index (χ2v) is 5.99. The van der Waals surface area contributed by atoms with Crippen molar-refractivity contribution in [1.29, 1.82) is 0 Å². The summed E-state index contributed by atoms with van der Waals surface area (Å²) in [4.78, 5) is 26.9. The molecule has 2 saturated heterocycles. The van der Waals surface area contributed by atoms with Gasteiger partial charge in [0.15, 0.2) is 0 Å². The molecule has 6 nitrogen and oxygen atoms in total. The molecule has 3 rings (SSSR count). The van der Waals surface area contributed by atoms with Gasteiger partial charge in [0.1, 0.15) is 17.2 Å². The number of amides is 3. The van der Waals surface area contributed by atoms with Gasteiger partial charge in [0.05, 0.1) is 18.8 Å². The highest BCUT2D eigenvalue weighted by Gasteiger charge is 2.47. The fraction of sp³-hybridized carbons (Fsp3) is 0.467. The van der Waals surface area contributed by atoms with Crippen LogP contribution < -0.4 is 5.32 Å². The first-order chi connectivity index (χ1) is 10.9. The van der Waals surface area contributed by atoms with Crippen molar-refractivity contribution in [3.8, 4) is 0 Å². The summed E-state index contributed by atoms with van der Waals surface area (Å²) in [6, 6.07) is 2.46. The van der Waals surface area contributed by atoms with Crippen molar-refractivity contribution in [3.05, 3.63) is 29.8 Å². The average molecular weight is 325 g/mol. The van der Waals surface area contributed by atoms with Crippen molar-refractivity contribution in [2.45, 2.75) is 18.4 Å². The molecule has 0 saturated carbocycles. The number of likely N-dealkylation sites (tertiary alicyclic amines) is 1. The summed E-state index contributed by atoms with van der Waals surface area (Å²) in [5, 5.41) is 2.43. The summed E-state index contributed by atoms with van der Waals surface area (Å²) in [5.74, 6) is -1.55. The number of nitrogens with zero attached hydrogens (tertiary/aromatic N) is 2. The third-order valence-corrected chi connectivity index (χ3v) is 4.14. The fourth-order valence-corrected chi connectivity index (χ4v) is 3.06. The van der Waals surface area contributed by atoms with Gasteiger partial charge in [-0.2, -0.15) is 0 Å². The lowest BCUT2D eigenvalue weighted by Crippen LogP contribution is -2.53. The van der Waals surface area contributed by atoms with Crippen LogP contribution in [-0.2, 0) is 4.74 Å². The third kappa shape index (κ3) is 3.06. The lowest BCUT2D eigenvalue weighted by atomic mass is 9.93. The van der Waals surface area contributed by atoms with Gasteiger partial charge >= 0.3 is 12.1 Å². The number of urea groups is 1. The molecule has 1 N–H and O–H groups in total. The maximum absolute atomic E-state index is 13.6. The Bertz CT molecular complexity index is 655. The Balaban J connectivity index is 1.69. The van der Waals surface area contributed by atoms with E-state index in [0.29, 0.717) is 32.0 Å². The van der Waals surface area contributed by atoms with E-state index in [9.17, 15) is 18.4 Å². The fourth-order valence-electron chi connectivity index (χ4n) is 3.06. The molecule has 2 aliphatic heterocycles. The van der Waals surface area contributed by atoms with E-state index in [1.165, 1.54) is 15.9 Å². The lowest BCUT2D eigenvalue weighted by Gasteiger charge is -2.38. The first-order valence-corrected chi connectivity index (χ1v) is 7.34. The van der Waals surface area contributed by atoms with E-state index < -0.39 is 29.4 Å². The summed E-state index contributed by atoms with van der Waals surface area (Å²) < 4.78 is 31.9. The number of rotatable bonds is 1. The predicted octanol–water partition coefficient (Wildman–Crippen LogP) is 2.41. The Kier molecular flexibility index (Phi) is 3.83. The van der Waals surface area contributed by atoms with Gasteiger partial charge in [-0.15, -0.1) is 0 Å². The van der Waals surface area contributed by atoms with E-state index in [4.69, 9.17) is 4.74 Å².